The minimum absolute atomic E-state index is 0.371. The summed E-state index contributed by atoms with van der Waals surface area (Å²) >= 11 is 0. The molecule has 2 saturated heterocycles. The van der Waals surface area contributed by atoms with Gasteiger partial charge in [0.25, 0.3) is 0 Å². The zero-order valence-electron chi connectivity index (χ0n) is 21.4. The molecule has 2 aliphatic rings. The van der Waals surface area contributed by atoms with E-state index >= 15 is 0 Å². The third kappa shape index (κ3) is 4.51. The fourth-order valence-corrected chi connectivity index (χ4v) is 4.61. The Balaban J connectivity index is 1.64. The summed E-state index contributed by atoms with van der Waals surface area (Å²) in [7, 11) is 9.29. The summed E-state index contributed by atoms with van der Waals surface area (Å²) in [5, 5.41) is 2.69. The lowest BCUT2D eigenvalue weighted by molar-refractivity contribution is -0.156. The molecule has 2 aromatic rings. The number of benzene rings is 2. The zero-order chi connectivity index (χ0) is 25.8. The highest BCUT2D eigenvalue weighted by molar-refractivity contribution is 5.74. The van der Waals surface area contributed by atoms with Crippen LogP contribution in [0.5, 0.6) is 34.5 Å². The van der Waals surface area contributed by atoms with Gasteiger partial charge >= 0.3 is 6.03 Å². The Morgan fingerprint density at radius 3 is 1.25 bits per heavy atom. The van der Waals surface area contributed by atoms with E-state index in [1.54, 1.807) is 42.7 Å². The predicted octanol–water partition coefficient (Wildman–Crippen LogP) is 3.92. The molecule has 2 fully saturated rings. The van der Waals surface area contributed by atoms with Gasteiger partial charge in [-0.2, -0.15) is 10.1 Å². The number of hydroxylamine groups is 4. The van der Waals surface area contributed by atoms with E-state index in [-0.39, 0.29) is 12.1 Å². The van der Waals surface area contributed by atoms with E-state index in [2.05, 4.69) is 0 Å². The molecule has 4 rings (SSSR count). The Kier molecular flexibility index (Phi) is 7.80. The SMILES string of the molecule is COc1cc(C2CCON2C(=O)N2OCCC2c2cc(OC)c(OC)c(OC)c2)cc(OC)c1OC. The van der Waals surface area contributed by atoms with E-state index in [9.17, 15) is 4.79 Å². The van der Waals surface area contributed by atoms with Crippen molar-refractivity contribution in [3.05, 3.63) is 35.4 Å². The van der Waals surface area contributed by atoms with Gasteiger partial charge in [0.15, 0.2) is 23.0 Å². The zero-order valence-corrected chi connectivity index (χ0v) is 21.4. The second kappa shape index (κ2) is 11.0. The lowest BCUT2D eigenvalue weighted by Gasteiger charge is -2.30. The van der Waals surface area contributed by atoms with Gasteiger partial charge in [-0.25, -0.2) is 4.79 Å². The van der Waals surface area contributed by atoms with Crippen LogP contribution >= 0.6 is 0 Å². The molecule has 36 heavy (non-hydrogen) atoms. The maximum absolute atomic E-state index is 13.7. The highest BCUT2D eigenvalue weighted by Gasteiger charge is 2.41. The molecule has 2 aromatic carbocycles. The second-order valence-electron chi connectivity index (χ2n) is 8.13. The Hall–Kier alpha value is -3.57. The molecule has 0 bridgehead atoms. The van der Waals surface area contributed by atoms with Crippen LogP contribution < -0.4 is 28.4 Å². The summed E-state index contributed by atoms with van der Waals surface area (Å²) in [6.07, 6.45) is 1.18. The molecule has 2 unspecified atom stereocenters. The minimum Gasteiger partial charge on any atom is -0.493 e. The smallest absolute Gasteiger partial charge is 0.369 e. The lowest BCUT2D eigenvalue weighted by Crippen LogP contribution is -2.41. The standard InChI is InChI=1S/C25H32N2O9/c1-29-19-11-15(12-20(30-2)23(19)33-5)17-7-9-35-26(17)25(28)27-18(8-10-36-27)16-13-21(31-3)24(34-6)22(14-16)32-4/h11-14,17-18H,7-10H2,1-6H3. The van der Waals surface area contributed by atoms with Gasteiger partial charge in [0.2, 0.25) is 11.5 Å². The van der Waals surface area contributed by atoms with Crippen molar-refractivity contribution in [1.29, 1.82) is 0 Å². The summed E-state index contributed by atoms with van der Waals surface area (Å²) in [6, 6.07) is 6.12. The van der Waals surface area contributed by atoms with Crippen LogP contribution in [-0.4, -0.2) is 72.0 Å². The molecule has 2 heterocycles. The van der Waals surface area contributed by atoms with E-state index in [0.717, 1.165) is 11.1 Å². The van der Waals surface area contributed by atoms with Crippen LogP contribution in [0.3, 0.4) is 0 Å². The van der Waals surface area contributed by atoms with Crippen LogP contribution in [0.2, 0.25) is 0 Å². The quantitative estimate of drug-likeness (QED) is 0.530. The highest BCUT2D eigenvalue weighted by Crippen LogP contribution is 2.45. The van der Waals surface area contributed by atoms with Crippen LogP contribution in [0, 0.1) is 0 Å². The first-order valence-electron chi connectivity index (χ1n) is 11.5. The number of hydrogen-bond donors (Lipinski definition) is 0. The molecule has 11 nitrogen and oxygen atoms in total. The first-order valence-corrected chi connectivity index (χ1v) is 11.5. The Morgan fingerprint density at radius 2 is 0.972 bits per heavy atom. The van der Waals surface area contributed by atoms with Crippen molar-refractivity contribution in [1.82, 2.24) is 10.1 Å². The first-order chi connectivity index (χ1) is 17.5. The molecule has 196 valence electrons. The van der Waals surface area contributed by atoms with E-state index in [1.807, 2.05) is 24.3 Å². The van der Waals surface area contributed by atoms with Gasteiger partial charge in [-0.1, -0.05) is 0 Å². The molecular formula is C25H32N2O9. The number of nitrogens with zero attached hydrogens (tertiary/aromatic N) is 2. The van der Waals surface area contributed by atoms with Crippen LogP contribution in [0.15, 0.2) is 24.3 Å². The predicted molar refractivity (Wildman–Crippen MR) is 128 cm³/mol. The van der Waals surface area contributed by atoms with E-state index in [1.165, 1.54) is 10.1 Å². The van der Waals surface area contributed by atoms with Crippen LogP contribution in [0.1, 0.15) is 36.1 Å². The van der Waals surface area contributed by atoms with Gasteiger partial charge in [0.1, 0.15) is 0 Å². The minimum atomic E-state index is -0.414. The molecule has 2 aliphatic heterocycles. The van der Waals surface area contributed by atoms with Crippen molar-refractivity contribution >= 4 is 6.03 Å². The molecule has 0 aliphatic carbocycles. The number of urea groups is 1. The van der Waals surface area contributed by atoms with Gasteiger partial charge in [-0.15, -0.1) is 0 Å². The summed E-state index contributed by atoms with van der Waals surface area (Å²) in [4.78, 5) is 25.3. The molecule has 0 saturated carbocycles. The maximum Gasteiger partial charge on any atom is 0.369 e. The molecular weight excluding hydrogens is 472 g/mol. The van der Waals surface area contributed by atoms with Crippen molar-refractivity contribution in [2.24, 2.45) is 0 Å². The molecule has 11 heteroatoms. The van der Waals surface area contributed by atoms with Crippen molar-refractivity contribution in [3.63, 3.8) is 0 Å². The molecule has 0 spiro atoms. The third-order valence-electron chi connectivity index (χ3n) is 6.33. The van der Waals surface area contributed by atoms with Crippen molar-refractivity contribution < 1.29 is 42.9 Å². The van der Waals surface area contributed by atoms with Crippen molar-refractivity contribution in [3.8, 4) is 34.5 Å². The largest absolute Gasteiger partial charge is 0.493 e. The summed E-state index contributed by atoms with van der Waals surface area (Å²) in [6.45, 7) is 0.742. The van der Waals surface area contributed by atoms with Gasteiger partial charge < -0.3 is 28.4 Å². The third-order valence-corrected chi connectivity index (χ3v) is 6.33. The van der Waals surface area contributed by atoms with Crippen LogP contribution in [-0.2, 0) is 9.68 Å². The van der Waals surface area contributed by atoms with E-state index in [0.29, 0.717) is 60.6 Å². The van der Waals surface area contributed by atoms with Gasteiger partial charge in [0.05, 0.1) is 68.0 Å². The Labute approximate surface area is 210 Å². The topological polar surface area (TPSA) is 97.4 Å². The van der Waals surface area contributed by atoms with E-state index < -0.39 is 6.03 Å². The van der Waals surface area contributed by atoms with Gasteiger partial charge in [0, 0.05) is 12.8 Å². The number of hydrogen-bond acceptors (Lipinski definition) is 9. The lowest BCUT2D eigenvalue weighted by atomic mass is 10.0. The second-order valence-corrected chi connectivity index (χ2v) is 8.13. The Bertz CT molecular complexity index is 960. The normalized spacial score (nSPS) is 19.3. The van der Waals surface area contributed by atoms with E-state index in [4.69, 9.17) is 38.1 Å². The van der Waals surface area contributed by atoms with Crippen LogP contribution in [0.25, 0.3) is 0 Å². The fraction of sp³-hybridized carbons (Fsp3) is 0.480. The first kappa shape index (κ1) is 25.5. The van der Waals surface area contributed by atoms with Crippen LogP contribution in [0.4, 0.5) is 4.79 Å². The van der Waals surface area contributed by atoms with Crippen molar-refractivity contribution in [2.75, 3.05) is 55.9 Å². The molecule has 2 atom stereocenters. The molecule has 0 aromatic heterocycles. The average Bonchev–Trinajstić information content (AvgIpc) is 3.61. The number of ether oxygens (including phenoxy) is 6. The van der Waals surface area contributed by atoms with Crippen molar-refractivity contribution in [2.45, 2.75) is 24.9 Å². The number of amides is 2. The number of rotatable bonds is 8. The fourth-order valence-electron chi connectivity index (χ4n) is 4.61. The molecule has 0 N–H and O–H groups in total. The molecule has 0 radical (unpaired) electrons. The Morgan fingerprint density at radius 1 is 0.639 bits per heavy atom. The highest BCUT2D eigenvalue weighted by atomic mass is 16.7. The maximum atomic E-state index is 13.7. The van der Waals surface area contributed by atoms with Gasteiger partial charge in [-0.05, 0) is 35.4 Å². The van der Waals surface area contributed by atoms with Gasteiger partial charge in [-0.3, -0.25) is 9.68 Å². The summed E-state index contributed by atoms with van der Waals surface area (Å²) in [5.41, 5.74) is 1.58. The summed E-state index contributed by atoms with van der Waals surface area (Å²) < 4.78 is 32.8. The monoisotopic (exact) mass is 504 g/mol. The average molecular weight is 505 g/mol. The molecule has 2 amide bonds. The number of carbonyl (C=O) groups is 1. The number of methoxy groups -OCH3 is 6. The number of carbonyl (C=O) groups excluding carboxylic acids is 1. The summed E-state index contributed by atoms with van der Waals surface area (Å²) in [5.74, 6) is 2.95.